The highest BCUT2D eigenvalue weighted by Crippen LogP contribution is 2.25. The zero-order chi connectivity index (χ0) is 20.9. The van der Waals surface area contributed by atoms with Crippen LogP contribution in [0, 0.1) is 5.92 Å². The summed E-state index contributed by atoms with van der Waals surface area (Å²) in [6, 6.07) is 15.3. The third-order valence-electron chi connectivity index (χ3n) is 5.26. The van der Waals surface area contributed by atoms with E-state index < -0.39 is 0 Å². The average Bonchev–Trinajstić information content (AvgIpc) is 3.25. The lowest BCUT2D eigenvalue weighted by molar-refractivity contribution is -0.126. The monoisotopic (exact) mass is 444 g/mol. The fourth-order valence-electron chi connectivity index (χ4n) is 3.59. The van der Waals surface area contributed by atoms with Gasteiger partial charge in [0.25, 0.3) is 0 Å². The topological polar surface area (TPSA) is 71.3 Å². The number of rotatable bonds is 6. The first-order valence-corrected chi connectivity index (χ1v) is 10.7. The van der Waals surface area contributed by atoms with Crippen LogP contribution < -0.4 is 5.32 Å². The number of piperidine rings is 1. The van der Waals surface area contributed by atoms with Gasteiger partial charge in [0.15, 0.2) is 0 Å². The minimum atomic E-state index is -0.00780. The molecule has 1 aliphatic rings. The molecule has 0 radical (unpaired) electrons. The van der Waals surface area contributed by atoms with Crippen molar-refractivity contribution >= 4 is 29.1 Å². The molecular weight excluding hydrogens is 423 g/mol. The minimum Gasteiger partial charge on any atom is -0.347 e. The number of hydrogen-bond acceptors (Lipinski definition) is 5. The van der Waals surface area contributed by atoms with Crippen molar-refractivity contribution in [3.63, 3.8) is 0 Å². The predicted molar refractivity (Wildman–Crippen MR) is 116 cm³/mol. The van der Waals surface area contributed by atoms with Gasteiger partial charge in [-0.15, -0.1) is 0 Å². The molecule has 1 amide bonds. The maximum atomic E-state index is 12.5. The fourth-order valence-corrected chi connectivity index (χ4v) is 3.91. The molecule has 0 unspecified atom stereocenters. The molecule has 156 valence electrons. The van der Waals surface area contributed by atoms with Crippen molar-refractivity contribution in [1.29, 1.82) is 0 Å². The number of nitrogens with zero attached hydrogens (tertiary/aromatic N) is 3. The molecule has 3 aromatic rings. The number of amides is 1. The van der Waals surface area contributed by atoms with Crippen molar-refractivity contribution in [2.24, 2.45) is 5.92 Å². The second kappa shape index (κ2) is 9.60. The van der Waals surface area contributed by atoms with Gasteiger partial charge in [-0.2, -0.15) is 4.98 Å². The molecule has 0 aliphatic carbocycles. The maximum absolute atomic E-state index is 12.5. The molecule has 0 atom stereocenters. The second-order valence-electron chi connectivity index (χ2n) is 7.39. The van der Waals surface area contributed by atoms with E-state index in [0.29, 0.717) is 21.8 Å². The zero-order valence-electron chi connectivity index (χ0n) is 16.4. The quantitative estimate of drug-likeness (QED) is 0.602. The van der Waals surface area contributed by atoms with Gasteiger partial charge in [0.2, 0.25) is 17.6 Å². The van der Waals surface area contributed by atoms with E-state index in [2.05, 4.69) is 20.4 Å². The highest BCUT2D eigenvalue weighted by atomic mass is 35.5. The number of benzene rings is 2. The zero-order valence-corrected chi connectivity index (χ0v) is 17.9. The Morgan fingerprint density at radius 1 is 1.10 bits per heavy atom. The molecule has 0 bridgehead atoms. The van der Waals surface area contributed by atoms with Gasteiger partial charge in [-0.25, -0.2) is 0 Å². The SMILES string of the molecule is O=C(NCc1nc(-c2ccccc2)no1)C1CCN(Cc2ccc(Cl)c(Cl)c2)CC1. The van der Waals surface area contributed by atoms with Crippen molar-refractivity contribution in [2.75, 3.05) is 13.1 Å². The summed E-state index contributed by atoms with van der Waals surface area (Å²) in [6.07, 6.45) is 1.62. The van der Waals surface area contributed by atoms with Crippen LogP contribution in [0.4, 0.5) is 0 Å². The Labute approximate surface area is 185 Å². The number of carbonyl (C=O) groups is 1. The molecule has 4 rings (SSSR count). The molecule has 1 N–H and O–H groups in total. The number of aromatic nitrogens is 2. The lowest BCUT2D eigenvalue weighted by Crippen LogP contribution is -2.40. The largest absolute Gasteiger partial charge is 0.347 e. The van der Waals surface area contributed by atoms with Crippen molar-refractivity contribution in [3.8, 4) is 11.4 Å². The smallest absolute Gasteiger partial charge is 0.246 e. The molecule has 2 heterocycles. The molecular formula is C22H22Cl2N4O2. The average molecular weight is 445 g/mol. The number of carbonyl (C=O) groups excluding carboxylic acids is 1. The standard InChI is InChI=1S/C22H22Cl2N4O2/c23-18-7-6-15(12-19(18)24)14-28-10-8-17(9-11-28)22(29)25-13-20-26-21(27-30-20)16-4-2-1-3-5-16/h1-7,12,17H,8-11,13-14H2,(H,25,29). The van der Waals surface area contributed by atoms with Crippen LogP contribution in [-0.2, 0) is 17.9 Å². The summed E-state index contributed by atoms with van der Waals surface area (Å²) in [7, 11) is 0. The maximum Gasteiger partial charge on any atom is 0.246 e. The highest BCUT2D eigenvalue weighted by molar-refractivity contribution is 6.42. The van der Waals surface area contributed by atoms with Gasteiger partial charge in [0, 0.05) is 18.0 Å². The molecule has 0 saturated carbocycles. The first-order valence-electron chi connectivity index (χ1n) is 9.90. The molecule has 1 saturated heterocycles. The Morgan fingerprint density at radius 2 is 1.87 bits per heavy atom. The van der Waals surface area contributed by atoms with Crippen LogP contribution in [0.1, 0.15) is 24.3 Å². The van der Waals surface area contributed by atoms with E-state index >= 15 is 0 Å². The third kappa shape index (κ3) is 5.19. The van der Waals surface area contributed by atoms with Crippen molar-refractivity contribution < 1.29 is 9.32 Å². The van der Waals surface area contributed by atoms with Gasteiger partial charge in [0.1, 0.15) is 0 Å². The third-order valence-corrected chi connectivity index (χ3v) is 6.00. The number of likely N-dealkylation sites (tertiary alicyclic amines) is 1. The summed E-state index contributed by atoms with van der Waals surface area (Å²) < 4.78 is 5.25. The highest BCUT2D eigenvalue weighted by Gasteiger charge is 2.25. The van der Waals surface area contributed by atoms with Crippen LogP contribution in [0.25, 0.3) is 11.4 Å². The first kappa shape index (κ1) is 20.8. The van der Waals surface area contributed by atoms with E-state index in [0.717, 1.165) is 43.6 Å². The van der Waals surface area contributed by atoms with Crippen LogP contribution in [0.15, 0.2) is 53.1 Å². The summed E-state index contributed by atoms with van der Waals surface area (Å²) in [4.78, 5) is 19.2. The van der Waals surface area contributed by atoms with Crippen LogP contribution in [0.2, 0.25) is 10.0 Å². The summed E-state index contributed by atoms with van der Waals surface area (Å²) in [5.74, 6) is 0.949. The number of nitrogens with one attached hydrogen (secondary N) is 1. The van der Waals surface area contributed by atoms with Crippen molar-refractivity contribution in [3.05, 3.63) is 70.0 Å². The summed E-state index contributed by atoms with van der Waals surface area (Å²) in [5.41, 5.74) is 2.01. The molecule has 1 fully saturated rings. The Kier molecular flexibility index (Phi) is 6.67. The fraction of sp³-hybridized carbons (Fsp3) is 0.318. The molecule has 6 nitrogen and oxygen atoms in total. The Bertz CT molecular complexity index is 1000. The van der Waals surface area contributed by atoms with Gasteiger partial charge in [-0.05, 0) is 43.6 Å². The van der Waals surface area contributed by atoms with Gasteiger partial charge in [0.05, 0.1) is 16.6 Å². The second-order valence-corrected chi connectivity index (χ2v) is 8.21. The van der Waals surface area contributed by atoms with E-state index in [1.165, 1.54) is 0 Å². The van der Waals surface area contributed by atoms with Crippen LogP contribution in [0.3, 0.4) is 0 Å². The lowest BCUT2D eigenvalue weighted by Gasteiger charge is -2.31. The van der Waals surface area contributed by atoms with E-state index in [1.54, 1.807) is 0 Å². The Hall–Kier alpha value is -2.41. The van der Waals surface area contributed by atoms with Gasteiger partial charge in [-0.3, -0.25) is 9.69 Å². The lowest BCUT2D eigenvalue weighted by atomic mass is 9.95. The van der Waals surface area contributed by atoms with Gasteiger partial charge < -0.3 is 9.84 Å². The van der Waals surface area contributed by atoms with Crippen LogP contribution in [0.5, 0.6) is 0 Å². The summed E-state index contributed by atoms with van der Waals surface area (Å²) in [5, 5.41) is 8.03. The molecule has 2 aromatic carbocycles. The van der Waals surface area contributed by atoms with E-state index in [-0.39, 0.29) is 18.4 Å². The molecule has 1 aromatic heterocycles. The first-order chi connectivity index (χ1) is 14.6. The van der Waals surface area contributed by atoms with E-state index in [4.69, 9.17) is 27.7 Å². The number of halogens is 2. The van der Waals surface area contributed by atoms with Crippen molar-refractivity contribution in [2.45, 2.75) is 25.9 Å². The summed E-state index contributed by atoms with van der Waals surface area (Å²) >= 11 is 12.1. The minimum absolute atomic E-state index is 0.00780. The van der Waals surface area contributed by atoms with E-state index in [9.17, 15) is 4.79 Å². The molecule has 1 aliphatic heterocycles. The van der Waals surface area contributed by atoms with Crippen LogP contribution in [-0.4, -0.2) is 34.0 Å². The Balaban J connectivity index is 1.24. The van der Waals surface area contributed by atoms with Gasteiger partial charge >= 0.3 is 0 Å². The molecule has 0 spiro atoms. The summed E-state index contributed by atoms with van der Waals surface area (Å²) in [6.45, 7) is 2.76. The molecule has 30 heavy (non-hydrogen) atoms. The van der Waals surface area contributed by atoms with Gasteiger partial charge in [-0.1, -0.05) is 64.8 Å². The molecule has 8 heteroatoms. The number of hydrogen-bond donors (Lipinski definition) is 1. The van der Waals surface area contributed by atoms with Crippen LogP contribution >= 0.6 is 23.2 Å². The Morgan fingerprint density at radius 3 is 2.60 bits per heavy atom. The van der Waals surface area contributed by atoms with E-state index in [1.807, 2.05) is 48.5 Å². The normalized spacial score (nSPS) is 15.3. The predicted octanol–water partition coefficient (Wildman–Crippen LogP) is 4.57. The van der Waals surface area contributed by atoms with Crippen molar-refractivity contribution in [1.82, 2.24) is 20.4 Å².